The van der Waals surface area contributed by atoms with E-state index < -0.39 is 11.9 Å². The van der Waals surface area contributed by atoms with Crippen molar-refractivity contribution in [1.82, 2.24) is 9.55 Å². The van der Waals surface area contributed by atoms with Crippen LogP contribution in [0.4, 0.5) is 0 Å². The second-order valence-electron chi connectivity index (χ2n) is 5.18. The van der Waals surface area contributed by atoms with Crippen molar-refractivity contribution >= 4 is 22.8 Å². The minimum absolute atomic E-state index is 0.263. The Hall–Kier alpha value is -3.48. The van der Waals surface area contributed by atoms with Gasteiger partial charge in [-0.25, -0.2) is 14.6 Å². The molecule has 0 spiro atoms. The minimum Gasteiger partial charge on any atom is -0.465 e. The zero-order valence-corrected chi connectivity index (χ0v) is 13.3. The average Bonchev–Trinajstić information content (AvgIpc) is 2.64. The van der Waals surface area contributed by atoms with Crippen LogP contribution in [0.5, 0.6) is 5.75 Å². The van der Waals surface area contributed by atoms with Gasteiger partial charge in [-0.2, -0.15) is 0 Å². The molecule has 0 aliphatic rings. The summed E-state index contributed by atoms with van der Waals surface area (Å²) in [6.45, 7) is -0.268. The van der Waals surface area contributed by atoms with Crippen LogP contribution >= 0.6 is 0 Å². The summed E-state index contributed by atoms with van der Waals surface area (Å²) < 4.78 is 11.0. The molecule has 25 heavy (non-hydrogen) atoms. The van der Waals surface area contributed by atoms with Crippen LogP contribution in [-0.2, 0) is 16.1 Å². The van der Waals surface area contributed by atoms with E-state index >= 15 is 0 Å². The Morgan fingerprint density at radius 2 is 1.80 bits per heavy atom. The van der Waals surface area contributed by atoms with E-state index in [0.717, 1.165) is 0 Å². The predicted molar refractivity (Wildman–Crippen MR) is 89.4 cm³/mol. The molecule has 1 heterocycles. The van der Waals surface area contributed by atoms with Gasteiger partial charge in [0, 0.05) is 0 Å². The maximum absolute atomic E-state index is 12.3. The van der Waals surface area contributed by atoms with Gasteiger partial charge < -0.3 is 9.47 Å². The number of hydrogen-bond acceptors (Lipinski definition) is 6. The molecule has 0 atom stereocenters. The van der Waals surface area contributed by atoms with Crippen molar-refractivity contribution in [3.63, 3.8) is 0 Å². The van der Waals surface area contributed by atoms with Crippen LogP contribution in [0.25, 0.3) is 10.9 Å². The fourth-order valence-electron chi connectivity index (χ4n) is 2.30. The topological polar surface area (TPSA) is 87.5 Å². The zero-order valence-electron chi connectivity index (χ0n) is 13.3. The zero-order chi connectivity index (χ0) is 17.8. The van der Waals surface area contributed by atoms with E-state index in [1.807, 2.05) is 0 Å². The van der Waals surface area contributed by atoms with E-state index in [4.69, 9.17) is 4.74 Å². The highest BCUT2D eigenvalue weighted by Gasteiger charge is 2.11. The largest absolute Gasteiger partial charge is 0.465 e. The lowest BCUT2D eigenvalue weighted by Crippen LogP contribution is -2.26. The summed E-state index contributed by atoms with van der Waals surface area (Å²) >= 11 is 0. The normalized spacial score (nSPS) is 10.4. The summed E-state index contributed by atoms with van der Waals surface area (Å²) in [7, 11) is 1.28. The van der Waals surface area contributed by atoms with Gasteiger partial charge in [0.15, 0.2) is 0 Å². The highest BCUT2D eigenvalue weighted by atomic mass is 16.5. The number of esters is 2. The van der Waals surface area contributed by atoms with Gasteiger partial charge in [-0.05, 0) is 36.4 Å². The van der Waals surface area contributed by atoms with Crippen molar-refractivity contribution < 1.29 is 19.1 Å². The maximum atomic E-state index is 12.3. The molecule has 1 aromatic heterocycles. The SMILES string of the molecule is COC(=O)c1ccc(OC(=O)Cn2cnc3ccccc3c2=O)cc1. The molecule has 0 saturated carbocycles. The Balaban J connectivity index is 1.73. The van der Waals surface area contributed by atoms with Crippen LogP contribution in [0.1, 0.15) is 10.4 Å². The number of nitrogens with zero attached hydrogens (tertiary/aromatic N) is 2. The molecule has 2 aromatic carbocycles. The van der Waals surface area contributed by atoms with E-state index in [1.165, 1.54) is 42.3 Å². The number of carbonyl (C=O) groups is 2. The van der Waals surface area contributed by atoms with Crippen LogP contribution in [0, 0.1) is 0 Å². The fraction of sp³-hybridized carbons (Fsp3) is 0.111. The number of carbonyl (C=O) groups excluding carboxylic acids is 2. The molecule has 7 heteroatoms. The number of benzene rings is 2. The molecule has 0 N–H and O–H groups in total. The summed E-state index contributed by atoms with van der Waals surface area (Å²) in [5.74, 6) is -0.837. The quantitative estimate of drug-likeness (QED) is 0.532. The van der Waals surface area contributed by atoms with Gasteiger partial charge in [0.1, 0.15) is 12.3 Å². The summed E-state index contributed by atoms with van der Waals surface area (Å²) in [4.78, 5) is 39.9. The molecular formula is C18H14N2O5. The number of aromatic nitrogens is 2. The van der Waals surface area contributed by atoms with Crippen molar-refractivity contribution in [3.8, 4) is 5.75 Å². The lowest BCUT2D eigenvalue weighted by molar-refractivity contribution is -0.135. The van der Waals surface area contributed by atoms with Gasteiger partial charge >= 0.3 is 11.9 Å². The Morgan fingerprint density at radius 3 is 2.52 bits per heavy atom. The third-order valence-electron chi connectivity index (χ3n) is 3.54. The number of para-hydroxylation sites is 1. The Morgan fingerprint density at radius 1 is 1.08 bits per heavy atom. The molecular weight excluding hydrogens is 324 g/mol. The number of ether oxygens (including phenoxy) is 2. The first-order valence-corrected chi connectivity index (χ1v) is 7.42. The van der Waals surface area contributed by atoms with Gasteiger partial charge in [0.25, 0.3) is 5.56 Å². The molecule has 0 bridgehead atoms. The van der Waals surface area contributed by atoms with Crippen LogP contribution in [0.2, 0.25) is 0 Å². The van der Waals surface area contributed by atoms with Crippen LogP contribution < -0.4 is 10.3 Å². The molecule has 0 aliphatic heterocycles. The molecule has 7 nitrogen and oxygen atoms in total. The summed E-state index contributed by atoms with van der Waals surface area (Å²) in [6, 6.07) is 12.8. The Kier molecular flexibility index (Phi) is 4.56. The molecule has 0 unspecified atom stereocenters. The Labute approximate surface area is 142 Å². The van der Waals surface area contributed by atoms with Crippen molar-refractivity contribution in [2.75, 3.05) is 7.11 Å². The minimum atomic E-state index is -0.620. The molecule has 126 valence electrons. The molecule has 0 saturated heterocycles. The van der Waals surface area contributed by atoms with E-state index in [0.29, 0.717) is 16.5 Å². The number of rotatable bonds is 4. The lowest BCUT2D eigenvalue weighted by atomic mass is 10.2. The number of hydrogen-bond donors (Lipinski definition) is 0. The highest BCUT2D eigenvalue weighted by Crippen LogP contribution is 2.13. The van der Waals surface area contributed by atoms with Gasteiger partial charge in [-0.1, -0.05) is 12.1 Å². The predicted octanol–water partition coefficient (Wildman–Crippen LogP) is 1.79. The molecule has 0 fully saturated rings. The van der Waals surface area contributed by atoms with E-state index in [9.17, 15) is 14.4 Å². The molecule has 3 rings (SSSR count). The van der Waals surface area contributed by atoms with Crippen molar-refractivity contribution in [3.05, 3.63) is 70.8 Å². The van der Waals surface area contributed by atoms with E-state index in [2.05, 4.69) is 9.72 Å². The fourth-order valence-corrected chi connectivity index (χ4v) is 2.30. The summed E-state index contributed by atoms with van der Waals surface area (Å²) in [5.41, 5.74) is 0.594. The van der Waals surface area contributed by atoms with Crippen LogP contribution in [0.15, 0.2) is 59.7 Å². The second kappa shape index (κ2) is 6.96. The third kappa shape index (κ3) is 3.55. The average molecular weight is 338 g/mol. The summed E-state index contributed by atoms with van der Waals surface area (Å²) in [5, 5.41) is 0.431. The van der Waals surface area contributed by atoms with Crippen LogP contribution in [0.3, 0.4) is 0 Å². The molecule has 3 aromatic rings. The van der Waals surface area contributed by atoms with Crippen molar-refractivity contribution in [1.29, 1.82) is 0 Å². The standard InChI is InChI=1S/C18H14N2O5/c1-24-18(23)12-6-8-13(9-7-12)25-16(21)10-20-11-19-15-5-3-2-4-14(15)17(20)22/h2-9,11H,10H2,1H3. The second-order valence-corrected chi connectivity index (χ2v) is 5.18. The van der Waals surface area contributed by atoms with E-state index in [-0.39, 0.29) is 17.9 Å². The molecule has 0 amide bonds. The van der Waals surface area contributed by atoms with Gasteiger partial charge in [0.05, 0.1) is 29.9 Å². The van der Waals surface area contributed by atoms with Crippen molar-refractivity contribution in [2.45, 2.75) is 6.54 Å². The number of methoxy groups -OCH3 is 1. The first kappa shape index (κ1) is 16.4. The smallest absolute Gasteiger partial charge is 0.337 e. The highest BCUT2D eigenvalue weighted by molar-refractivity contribution is 5.89. The van der Waals surface area contributed by atoms with Gasteiger partial charge in [-0.15, -0.1) is 0 Å². The van der Waals surface area contributed by atoms with Crippen molar-refractivity contribution in [2.24, 2.45) is 0 Å². The Bertz CT molecular complexity index is 992. The molecule has 0 radical (unpaired) electrons. The van der Waals surface area contributed by atoms with Gasteiger partial charge in [-0.3, -0.25) is 9.36 Å². The summed E-state index contributed by atoms with van der Waals surface area (Å²) in [6.07, 6.45) is 1.31. The maximum Gasteiger partial charge on any atom is 0.337 e. The van der Waals surface area contributed by atoms with Crippen LogP contribution in [-0.4, -0.2) is 28.6 Å². The third-order valence-corrected chi connectivity index (χ3v) is 3.54. The first-order valence-electron chi connectivity index (χ1n) is 7.42. The van der Waals surface area contributed by atoms with E-state index in [1.54, 1.807) is 24.3 Å². The monoisotopic (exact) mass is 338 g/mol. The lowest BCUT2D eigenvalue weighted by Gasteiger charge is -2.07. The number of fused-ring (bicyclic) bond motifs is 1. The van der Waals surface area contributed by atoms with Gasteiger partial charge in [0.2, 0.25) is 0 Å². The first-order chi connectivity index (χ1) is 12.1. The molecule has 0 aliphatic carbocycles.